The standard InChI is InChI=1S/C16H19N3O3S/c20-14(10-19-9-3-5-12(19)16(21)22)17-8-7-15-18-11-4-1-2-6-13(11)23-15/h1-2,4,6,12H,3,5,7-10H2,(H,17,20)(H,21,22). The number of carboxylic acid groups (broad SMARTS) is 1. The molecule has 0 bridgehead atoms. The number of likely N-dealkylation sites (tertiary alicyclic amines) is 1. The minimum Gasteiger partial charge on any atom is -0.480 e. The molecule has 3 rings (SSSR count). The molecule has 1 atom stereocenters. The van der Waals surface area contributed by atoms with E-state index in [0.717, 1.165) is 21.6 Å². The van der Waals surface area contributed by atoms with Crippen LogP contribution in [0.5, 0.6) is 0 Å². The third kappa shape index (κ3) is 3.86. The van der Waals surface area contributed by atoms with E-state index in [1.54, 1.807) is 16.2 Å². The van der Waals surface area contributed by atoms with Gasteiger partial charge < -0.3 is 10.4 Å². The van der Waals surface area contributed by atoms with Gasteiger partial charge in [-0.15, -0.1) is 11.3 Å². The maximum Gasteiger partial charge on any atom is 0.320 e. The number of aliphatic carboxylic acids is 1. The zero-order chi connectivity index (χ0) is 16.2. The van der Waals surface area contributed by atoms with Crippen LogP contribution in [0.15, 0.2) is 24.3 Å². The van der Waals surface area contributed by atoms with Gasteiger partial charge in [-0.2, -0.15) is 0 Å². The average molecular weight is 333 g/mol. The summed E-state index contributed by atoms with van der Waals surface area (Å²) in [6.07, 6.45) is 2.14. The highest BCUT2D eigenvalue weighted by Gasteiger charge is 2.31. The van der Waals surface area contributed by atoms with Gasteiger partial charge in [0.25, 0.3) is 0 Å². The molecule has 1 aliphatic heterocycles. The van der Waals surface area contributed by atoms with Crippen LogP contribution in [0.25, 0.3) is 10.2 Å². The second kappa shape index (κ2) is 7.06. The normalized spacial score (nSPS) is 18.3. The fraction of sp³-hybridized carbons (Fsp3) is 0.438. The van der Waals surface area contributed by atoms with Crippen molar-refractivity contribution in [3.8, 4) is 0 Å². The molecule has 1 aliphatic rings. The summed E-state index contributed by atoms with van der Waals surface area (Å²) in [6.45, 7) is 1.34. The summed E-state index contributed by atoms with van der Waals surface area (Å²) in [7, 11) is 0. The van der Waals surface area contributed by atoms with E-state index < -0.39 is 12.0 Å². The van der Waals surface area contributed by atoms with Crippen LogP contribution in [0.1, 0.15) is 17.8 Å². The molecule has 0 aliphatic carbocycles. The molecule has 1 unspecified atom stereocenters. The highest BCUT2D eigenvalue weighted by Crippen LogP contribution is 2.21. The monoisotopic (exact) mass is 333 g/mol. The molecule has 23 heavy (non-hydrogen) atoms. The van der Waals surface area contributed by atoms with Crippen molar-refractivity contribution in [2.45, 2.75) is 25.3 Å². The maximum absolute atomic E-state index is 12.0. The van der Waals surface area contributed by atoms with Crippen LogP contribution in [0.4, 0.5) is 0 Å². The van der Waals surface area contributed by atoms with Crippen molar-refractivity contribution < 1.29 is 14.7 Å². The lowest BCUT2D eigenvalue weighted by Gasteiger charge is -2.20. The lowest BCUT2D eigenvalue weighted by molar-refractivity contribution is -0.142. The number of hydrogen-bond donors (Lipinski definition) is 2. The van der Waals surface area contributed by atoms with Crippen LogP contribution in [0, 0.1) is 0 Å². The van der Waals surface area contributed by atoms with Gasteiger partial charge in [0, 0.05) is 13.0 Å². The van der Waals surface area contributed by atoms with Gasteiger partial charge in [0.15, 0.2) is 0 Å². The van der Waals surface area contributed by atoms with Crippen molar-refractivity contribution >= 4 is 33.4 Å². The fourth-order valence-corrected chi connectivity index (χ4v) is 3.84. The first kappa shape index (κ1) is 15.9. The van der Waals surface area contributed by atoms with Crippen molar-refractivity contribution in [3.63, 3.8) is 0 Å². The van der Waals surface area contributed by atoms with Crippen LogP contribution in [0.2, 0.25) is 0 Å². The number of carboxylic acids is 1. The van der Waals surface area contributed by atoms with E-state index in [4.69, 9.17) is 5.11 Å². The molecule has 2 heterocycles. The van der Waals surface area contributed by atoms with Crippen LogP contribution in [-0.2, 0) is 16.0 Å². The van der Waals surface area contributed by atoms with Gasteiger partial charge in [0.05, 0.1) is 21.8 Å². The van der Waals surface area contributed by atoms with Crippen molar-refractivity contribution in [3.05, 3.63) is 29.3 Å². The Morgan fingerprint density at radius 2 is 2.22 bits per heavy atom. The number of fused-ring (bicyclic) bond motifs is 1. The van der Waals surface area contributed by atoms with Gasteiger partial charge in [0.1, 0.15) is 6.04 Å². The summed E-state index contributed by atoms with van der Waals surface area (Å²) < 4.78 is 1.15. The number of carbonyl (C=O) groups is 2. The van der Waals surface area contributed by atoms with E-state index in [1.165, 1.54) is 0 Å². The molecule has 0 radical (unpaired) electrons. The van der Waals surface area contributed by atoms with Crippen LogP contribution >= 0.6 is 11.3 Å². The highest BCUT2D eigenvalue weighted by atomic mass is 32.1. The SMILES string of the molecule is O=C(CN1CCCC1C(=O)O)NCCc1nc2ccccc2s1. The number of para-hydroxylation sites is 1. The Labute approximate surface area is 138 Å². The van der Waals surface area contributed by atoms with Crippen LogP contribution < -0.4 is 5.32 Å². The van der Waals surface area contributed by atoms with Gasteiger partial charge in [-0.25, -0.2) is 4.98 Å². The van der Waals surface area contributed by atoms with Gasteiger partial charge in [0.2, 0.25) is 5.91 Å². The molecule has 1 amide bonds. The smallest absolute Gasteiger partial charge is 0.320 e. The number of nitrogens with one attached hydrogen (secondary N) is 1. The summed E-state index contributed by atoms with van der Waals surface area (Å²) >= 11 is 1.64. The minimum absolute atomic E-state index is 0.126. The molecule has 122 valence electrons. The first-order chi connectivity index (χ1) is 11.1. The maximum atomic E-state index is 12.0. The number of carbonyl (C=O) groups excluding carboxylic acids is 1. The lowest BCUT2D eigenvalue weighted by atomic mass is 10.2. The first-order valence-electron chi connectivity index (χ1n) is 7.71. The number of amides is 1. The Bertz CT molecular complexity index is 682. The van der Waals surface area contributed by atoms with Gasteiger partial charge in [-0.1, -0.05) is 12.1 Å². The van der Waals surface area contributed by atoms with E-state index in [0.29, 0.717) is 25.9 Å². The molecule has 2 N–H and O–H groups in total. The van der Waals surface area contributed by atoms with E-state index >= 15 is 0 Å². The second-order valence-corrected chi connectivity index (χ2v) is 6.76. The molecular weight excluding hydrogens is 314 g/mol. The molecule has 6 nitrogen and oxygen atoms in total. The Balaban J connectivity index is 1.46. The predicted octanol–water partition coefficient (Wildman–Crippen LogP) is 1.50. The number of hydrogen-bond acceptors (Lipinski definition) is 5. The average Bonchev–Trinajstić information content (AvgIpc) is 3.13. The number of rotatable bonds is 6. The third-order valence-corrected chi connectivity index (χ3v) is 5.09. The molecule has 2 aromatic rings. The molecule has 7 heteroatoms. The summed E-state index contributed by atoms with van der Waals surface area (Å²) in [5.41, 5.74) is 0.986. The topological polar surface area (TPSA) is 82.5 Å². The van der Waals surface area contributed by atoms with E-state index in [-0.39, 0.29) is 12.5 Å². The Morgan fingerprint density at radius 3 is 3.00 bits per heavy atom. The largest absolute Gasteiger partial charge is 0.480 e. The number of aromatic nitrogens is 1. The lowest BCUT2D eigenvalue weighted by Crippen LogP contribution is -2.43. The number of benzene rings is 1. The van der Waals surface area contributed by atoms with E-state index in [2.05, 4.69) is 10.3 Å². The van der Waals surface area contributed by atoms with Crippen LogP contribution in [0.3, 0.4) is 0 Å². The Kier molecular flexibility index (Phi) is 4.88. The van der Waals surface area contributed by atoms with E-state index in [1.807, 2.05) is 24.3 Å². The Morgan fingerprint density at radius 1 is 1.39 bits per heavy atom. The third-order valence-electron chi connectivity index (χ3n) is 3.99. The molecule has 0 saturated carbocycles. The number of thiazole rings is 1. The second-order valence-electron chi connectivity index (χ2n) is 5.64. The quantitative estimate of drug-likeness (QED) is 0.837. The van der Waals surface area contributed by atoms with Crippen molar-refractivity contribution in [1.29, 1.82) is 0 Å². The fourth-order valence-electron chi connectivity index (χ4n) is 2.87. The molecule has 0 spiro atoms. The van der Waals surface area contributed by atoms with Gasteiger partial charge in [-0.3, -0.25) is 14.5 Å². The molecular formula is C16H19N3O3S. The summed E-state index contributed by atoms with van der Waals surface area (Å²) in [5.74, 6) is -0.968. The van der Waals surface area contributed by atoms with Crippen LogP contribution in [-0.4, -0.2) is 52.5 Å². The highest BCUT2D eigenvalue weighted by molar-refractivity contribution is 7.18. The zero-order valence-electron chi connectivity index (χ0n) is 12.7. The minimum atomic E-state index is -0.843. The summed E-state index contributed by atoms with van der Waals surface area (Å²) in [5, 5.41) is 13.0. The van der Waals surface area contributed by atoms with Crippen molar-refractivity contribution in [1.82, 2.24) is 15.2 Å². The van der Waals surface area contributed by atoms with Crippen molar-refractivity contribution in [2.75, 3.05) is 19.6 Å². The molecule has 1 aromatic carbocycles. The summed E-state index contributed by atoms with van der Waals surface area (Å²) in [6, 6.07) is 7.44. The molecule has 1 saturated heterocycles. The molecule has 1 aromatic heterocycles. The van der Waals surface area contributed by atoms with Gasteiger partial charge >= 0.3 is 5.97 Å². The first-order valence-corrected chi connectivity index (χ1v) is 8.53. The van der Waals surface area contributed by atoms with E-state index in [9.17, 15) is 9.59 Å². The Hall–Kier alpha value is -1.99. The number of nitrogens with zero attached hydrogens (tertiary/aromatic N) is 2. The molecule has 1 fully saturated rings. The summed E-state index contributed by atoms with van der Waals surface area (Å²) in [4.78, 5) is 29.3. The van der Waals surface area contributed by atoms with Gasteiger partial charge in [-0.05, 0) is 31.5 Å². The zero-order valence-corrected chi connectivity index (χ0v) is 13.5. The predicted molar refractivity (Wildman–Crippen MR) is 88.6 cm³/mol. The van der Waals surface area contributed by atoms with Crippen molar-refractivity contribution in [2.24, 2.45) is 0 Å².